The molecular weight excluding hydrogens is 320 g/mol. The Morgan fingerprint density at radius 1 is 1.32 bits per heavy atom. The summed E-state index contributed by atoms with van der Waals surface area (Å²) in [5, 5.41) is 4.63. The lowest BCUT2D eigenvalue weighted by Gasteiger charge is -2.01. The van der Waals surface area contributed by atoms with Crippen molar-refractivity contribution in [2.24, 2.45) is 0 Å². The monoisotopic (exact) mass is 338 g/mol. The molecule has 0 fully saturated rings. The van der Waals surface area contributed by atoms with E-state index in [1.165, 1.54) is 21.9 Å². The summed E-state index contributed by atoms with van der Waals surface area (Å²) in [5.41, 5.74) is 2.46. The summed E-state index contributed by atoms with van der Waals surface area (Å²) in [6.07, 6.45) is 2.07. The molecule has 1 heterocycles. The van der Waals surface area contributed by atoms with Crippen LogP contribution in [-0.2, 0) is 13.0 Å². The van der Waals surface area contributed by atoms with Crippen LogP contribution in [0, 0.1) is 6.92 Å². The maximum Gasteiger partial charge on any atom is 0.0975 e. The molecule has 0 bridgehead atoms. The highest BCUT2D eigenvalue weighted by molar-refractivity contribution is 9.10. The minimum Gasteiger partial charge on any atom is -0.312 e. The second kappa shape index (κ2) is 7.17. The van der Waals surface area contributed by atoms with E-state index in [2.05, 4.69) is 58.3 Å². The largest absolute Gasteiger partial charge is 0.312 e. The molecule has 2 aromatic rings. The molecule has 0 saturated heterocycles. The molecule has 0 amide bonds. The molecule has 1 N–H and O–H groups in total. The molecule has 0 radical (unpaired) electrons. The lowest BCUT2D eigenvalue weighted by molar-refractivity contribution is 0.678. The summed E-state index contributed by atoms with van der Waals surface area (Å²) in [7, 11) is 0. The molecule has 0 unspecified atom stereocenters. The van der Waals surface area contributed by atoms with Gasteiger partial charge in [-0.15, -0.1) is 11.3 Å². The summed E-state index contributed by atoms with van der Waals surface area (Å²) >= 11 is 5.41. The van der Waals surface area contributed by atoms with E-state index < -0.39 is 0 Å². The van der Waals surface area contributed by atoms with Crippen molar-refractivity contribution in [2.75, 3.05) is 6.54 Å². The summed E-state index contributed by atoms with van der Waals surface area (Å²) in [5.74, 6) is 0. The Balaban J connectivity index is 2.06. The molecule has 0 saturated carbocycles. The van der Waals surface area contributed by atoms with Gasteiger partial charge < -0.3 is 5.32 Å². The van der Waals surface area contributed by atoms with Crippen molar-refractivity contribution in [2.45, 2.75) is 33.2 Å². The summed E-state index contributed by atoms with van der Waals surface area (Å²) in [4.78, 5) is 6.04. The first-order chi connectivity index (χ1) is 9.20. The highest BCUT2D eigenvalue weighted by Gasteiger charge is 2.09. The SMILES string of the molecule is CCCNCc1sc(Cc2ccccc2Br)nc1C. The number of rotatable bonds is 6. The maximum absolute atomic E-state index is 4.68. The summed E-state index contributed by atoms with van der Waals surface area (Å²) in [6, 6.07) is 8.35. The Labute approximate surface area is 127 Å². The molecule has 0 aliphatic carbocycles. The van der Waals surface area contributed by atoms with Gasteiger partial charge in [-0.3, -0.25) is 0 Å². The molecule has 0 spiro atoms. The molecule has 2 nitrogen and oxygen atoms in total. The number of hydrogen-bond donors (Lipinski definition) is 1. The van der Waals surface area contributed by atoms with Crippen LogP contribution in [0.5, 0.6) is 0 Å². The number of benzene rings is 1. The van der Waals surface area contributed by atoms with E-state index in [-0.39, 0.29) is 0 Å². The molecule has 2 rings (SSSR count). The molecule has 0 aliphatic rings. The standard InChI is InChI=1S/C15H19BrN2S/c1-3-8-17-10-14-11(2)18-15(19-14)9-12-6-4-5-7-13(12)16/h4-7,17H,3,8-10H2,1-2H3. The second-order valence-corrected chi connectivity index (χ2v) is 6.58. The van der Waals surface area contributed by atoms with E-state index in [0.29, 0.717) is 0 Å². The lowest BCUT2D eigenvalue weighted by Crippen LogP contribution is -2.13. The van der Waals surface area contributed by atoms with Gasteiger partial charge >= 0.3 is 0 Å². The molecule has 4 heteroatoms. The first-order valence-corrected chi connectivity index (χ1v) is 8.21. The molecule has 1 aromatic carbocycles. The van der Waals surface area contributed by atoms with E-state index in [9.17, 15) is 0 Å². The van der Waals surface area contributed by atoms with Gasteiger partial charge in [0.1, 0.15) is 0 Å². The highest BCUT2D eigenvalue weighted by atomic mass is 79.9. The van der Waals surface area contributed by atoms with Crippen molar-refractivity contribution in [1.82, 2.24) is 10.3 Å². The highest BCUT2D eigenvalue weighted by Crippen LogP contribution is 2.24. The number of nitrogens with one attached hydrogen (secondary N) is 1. The maximum atomic E-state index is 4.68. The Morgan fingerprint density at radius 2 is 2.11 bits per heavy atom. The third-order valence-electron chi connectivity index (χ3n) is 2.95. The average Bonchev–Trinajstić information content (AvgIpc) is 2.73. The number of nitrogens with zero attached hydrogens (tertiary/aromatic N) is 1. The van der Waals surface area contributed by atoms with Crippen LogP contribution in [0.4, 0.5) is 0 Å². The van der Waals surface area contributed by atoms with Gasteiger partial charge in [0.15, 0.2) is 0 Å². The van der Waals surface area contributed by atoms with Crippen molar-refractivity contribution in [3.63, 3.8) is 0 Å². The normalized spacial score (nSPS) is 10.9. The van der Waals surface area contributed by atoms with E-state index in [1.807, 2.05) is 17.4 Å². The third-order valence-corrected chi connectivity index (χ3v) is 4.88. The smallest absolute Gasteiger partial charge is 0.0975 e. The second-order valence-electron chi connectivity index (χ2n) is 4.56. The van der Waals surface area contributed by atoms with Crippen molar-refractivity contribution in [3.05, 3.63) is 49.9 Å². The number of aryl methyl sites for hydroxylation is 1. The van der Waals surface area contributed by atoms with Crippen LogP contribution >= 0.6 is 27.3 Å². The van der Waals surface area contributed by atoms with Gasteiger partial charge in [0, 0.05) is 22.3 Å². The van der Waals surface area contributed by atoms with E-state index in [1.54, 1.807) is 0 Å². The van der Waals surface area contributed by atoms with Crippen molar-refractivity contribution < 1.29 is 0 Å². The van der Waals surface area contributed by atoms with Crippen molar-refractivity contribution in [1.29, 1.82) is 0 Å². The van der Waals surface area contributed by atoms with Gasteiger partial charge in [0.2, 0.25) is 0 Å². The quantitative estimate of drug-likeness (QED) is 0.794. The average molecular weight is 339 g/mol. The number of halogens is 1. The minimum atomic E-state index is 0.903. The fraction of sp³-hybridized carbons (Fsp3) is 0.400. The zero-order chi connectivity index (χ0) is 13.7. The predicted octanol–water partition coefficient (Wildman–Crippen LogP) is 4.30. The molecule has 102 valence electrons. The van der Waals surface area contributed by atoms with Gasteiger partial charge in [-0.25, -0.2) is 4.98 Å². The van der Waals surface area contributed by atoms with Crippen LogP contribution in [0.2, 0.25) is 0 Å². The number of hydrogen-bond acceptors (Lipinski definition) is 3. The summed E-state index contributed by atoms with van der Waals surface area (Å²) < 4.78 is 1.16. The van der Waals surface area contributed by atoms with Gasteiger partial charge in [-0.2, -0.15) is 0 Å². The Morgan fingerprint density at radius 3 is 2.84 bits per heavy atom. The Bertz CT molecular complexity index is 537. The number of aromatic nitrogens is 1. The zero-order valence-corrected chi connectivity index (χ0v) is 13.8. The van der Waals surface area contributed by atoms with Gasteiger partial charge in [-0.1, -0.05) is 41.1 Å². The third kappa shape index (κ3) is 4.13. The van der Waals surface area contributed by atoms with Crippen LogP contribution < -0.4 is 5.32 Å². The fourth-order valence-corrected chi connectivity index (χ4v) is 3.40. The lowest BCUT2D eigenvalue weighted by atomic mass is 10.2. The first kappa shape index (κ1) is 14.7. The summed E-state index contributed by atoms with van der Waals surface area (Å²) in [6.45, 7) is 6.29. The Kier molecular flexibility index (Phi) is 5.55. The van der Waals surface area contributed by atoms with E-state index in [4.69, 9.17) is 0 Å². The van der Waals surface area contributed by atoms with Gasteiger partial charge in [0.05, 0.1) is 10.7 Å². The van der Waals surface area contributed by atoms with Gasteiger partial charge in [-0.05, 0) is 31.5 Å². The topological polar surface area (TPSA) is 24.9 Å². The van der Waals surface area contributed by atoms with Crippen LogP contribution in [0.15, 0.2) is 28.7 Å². The molecule has 1 aromatic heterocycles. The van der Waals surface area contributed by atoms with E-state index >= 15 is 0 Å². The zero-order valence-electron chi connectivity index (χ0n) is 11.4. The first-order valence-electron chi connectivity index (χ1n) is 6.60. The van der Waals surface area contributed by atoms with Crippen molar-refractivity contribution in [3.8, 4) is 0 Å². The van der Waals surface area contributed by atoms with Gasteiger partial charge in [0.25, 0.3) is 0 Å². The van der Waals surface area contributed by atoms with Crippen LogP contribution in [-0.4, -0.2) is 11.5 Å². The molecule has 0 aliphatic heterocycles. The molecular formula is C15H19BrN2S. The van der Waals surface area contributed by atoms with Crippen LogP contribution in [0.3, 0.4) is 0 Å². The molecule has 19 heavy (non-hydrogen) atoms. The predicted molar refractivity (Wildman–Crippen MR) is 85.8 cm³/mol. The fourth-order valence-electron chi connectivity index (χ4n) is 1.91. The van der Waals surface area contributed by atoms with Crippen LogP contribution in [0.1, 0.15) is 34.5 Å². The number of thiazole rings is 1. The van der Waals surface area contributed by atoms with Crippen molar-refractivity contribution >= 4 is 27.3 Å². The Hall–Kier alpha value is -0.710. The van der Waals surface area contributed by atoms with Crippen LogP contribution in [0.25, 0.3) is 0 Å². The minimum absolute atomic E-state index is 0.903. The van der Waals surface area contributed by atoms with E-state index in [0.717, 1.165) is 29.7 Å². The molecule has 0 atom stereocenters.